The molecule has 0 radical (unpaired) electrons. The van der Waals surface area contributed by atoms with Gasteiger partial charge in [0.15, 0.2) is 6.29 Å². The fraction of sp³-hybridized carbons (Fsp3) is 0.385. The molecule has 0 amide bonds. The minimum Gasteiger partial charge on any atom is -0.297 e. The summed E-state index contributed by atoms with van der Waals surface area (Å²) in [6.07, 6.45) is 5.31. The lowest BCUT2D eigenvalue weighted by Gasteiger charge is -2.18. The molecule has 0 saturated carbocycles. The second-order valence-corrected chi connectivity index (χ2v) is 5.57. The molecule has 2 aromatic rings. The lowest BCUT2D eigenvalue weighted by atomic mass is 10.00. The zero-order valence-electron chi connectivity index (χ0n) is 9.50. The van der Waals surface area contributed by atoms with Crippen molar-refractivity contribution >= 4 is 23.7 Å². The fourth-order valence-electron chi connectivity index (χ4n) is 2.34. The summed E-state index contributed by atoms with van der Waals surface area (Å²) in [5.74, 6) is 3.01. The van der Waals surface area contributed by atoms with Crippen LogP contribution in [0.4, 0.5) is 0 Å². The molecular formula is C13H14N2OS. The van der Waals surface area contributed by atoms with Gasteiger partial charge in [0.1, 0.15) is 5.65 Å². The predicted octanol–water partition coefficient (Wildman–Crippen LogP) is 2.76. The highest BCUT2D eigenvalue weighted by Crippen LogP contribution is 2.31. The minimum absolute atomic E-state index is 0.565. The molecule has 3 rings (SSSR count). The molecule has 1 aliphatic heterocycles. The summed E-state index contributed by atoms with van der Waals surface area (Å²) in [5.41, 5.74) is 2.69. The van der Waals surface area contributed by atoms with Crippen molar-refractivity contribution in [3.8, 4) is 0 Å². The predicted molar refractivity (Wildman–Crippen MR) is 69.9 cm³/mol. The van der Waals surface area contributed by atoms with Crippen LogP contribution in [0.25, 0.3) is 5.65 Å². The number of aromatic nitrogens is 2. The van der Waals surface area contributed by atoms with Gasteiger partial charge in [0, 0.05) is 12.1 Å². The van der Waals surface area contributed by atoms with Crippen molar-refractivity contribution in [3.05, 3.63) is 35.8 Å². The van der Waals surface area contributed by atoms with E-state index in [-0.39, 0.29) is 0 Å². The van der Waals surface area contributed by atoms with Crippen LogP contribution < -0.4 is 0 Å². The van der Waals surface area contributed by atoms with Crippen LogP contribution in [0.5, 0.6) is 0 Å². The molecule has 3 heterocycles. The zero-order valence-corrected chi connectivity index (χ0v) is 10.3. The van der Waals surface area contributed by atoms with E-state index < -0.39 is 0 Å². The van der Waals surface area contributed by atoms with Gasteiger partial charge in [0.05, 0.1) is 11.4 Å². The molecule has 3 nitrogen and oxygen atoms in total. The number of fused-ring (bicyclic) bond motifs is 1. The third-order valence-electron chi connectivity index (χ3n) is 3.30. The number of imidazole rings is 1. The number of hydrogen-bond acceptors (Lipinski definition) is 3. The van der Waals surface area contributed by atoms with Crippen LogP contribution in [-0.4, -0.2) is 27.2 Å². The van der Waals surface area contributed by atoms with E-state index in [0.717, 1.165) is 17.6 Å². The van der Waals surface area contributed by atoms with Crippen molar-refractivity contribution in [2.45, 2.75) is 18.8 Å². The smallest absolute Gasteiger partial charge is 0.166 e. The number of nitrogens with zero attached hydrogens (tertiary/aromatic N) is 2. The summed E-state index contributed by atoms with van der Waals surface area (Å²) < 4.78 is 1.89. The highest BCUT2D eigenvalue weighted by molar-refractivity contribution is 7.99. The van der Waals surface area contributed by atoms with Gasteiger partial charge in [-0.1, -0.05) is 6.07 Å². The molecule has 0 N–H and O–H groups in total. The summed E-state index contributed by atoms with van der Waals surface area (Å²) in [5, 5.41) is 0. The lowest BCUT2D eigenvalue weighted by Crippen LogP contribution is -2.07. The van der Waals surface area contributed by atoms with Gasteiger partial charge < -0.3 is 0 Å². The molecule has 0 spiro atoms. The average molecular weight is 246 g/mol. The van der Waals surface area contributed by atoms with E-state index in [0.29, 0.717) is 11.6 Å². The van der Waals surface area contributed by atoms with Gasteiger partial charge in [-0.15, -0.1) is 0 Å². The molecule has 1 fully saturated rings. The maximum absolute atomic E-state index is 11.0. The Balaban J connectivity index is 2.03. The van der Waals surface area contributed by atoms with Crippen LogP contribution in [0.1, 0.15) is 34.9 Å². The number of aldehydes is 1. The van der Waals surface area contributed by atoms with E-state index in [4.69, 9.17) is 0 Å². The Morgan fingerprint density at radius 2 is 2.18 bits per heavy atom. The van der Waals surface area contributed by atoms with Crippen molar-refractivity contribution in [2.24, 2.45) is 0 Å². The summed E-state index contributed by atoms with van der Waals surface area (Å²) >= 11 is 2.02. The molecule has 0 atom stereocenters. The number of pyridine rings is 1. The van der Waals surface area contributed by atoms with Gasteiger partial charge in [0.25, 0.3) is 0 Å². The van der Waals surface area contributed by atoms with Crippen molar-refractivity contribution in [1.82, 2.24) is 9.38 Å². The van der Waals surface area contributed by atoms with Gasteiger partial charge in [-0.05, 0) is 36.5 Å². The first-order valence-corrected chi connectivity index (χ1v) is 7.05. The molecule has 17 heavy (non-hydrogen) atoms. The quantitative estimate of drug-likeness (QED) is 0.764. The maximum Gasteiger partial charge on any atom is 0.166 e. The van der Waals surface area contributed by atoms with Gasteiger partial charge >= 0.3 is 0 Å². The van der Waals surface area contributed by atoms with Crippen LogP contribution >= 0.6 is 11.8 Å². The molecule has 1 saturated heterocycles. The molecule has 88 valence electrons. The Bertz CT molecular complexity index is 543. The SMILES string of the molecule is O=Cc1cccc2nc(C3CCSCC3)cn12. The number of hydrogen-bond donors (Lipinski definition) is 0. The van der Waals surface area contributed by atoms with Crippen molar-refractivity contribution < 1.29 is 4.79 Å². The summed E-state index contributed by atoms with van der Waals surface area (Å²) in [6, 6.07) is 5.66. The minimum atomic E-state index is 0.565. The fourth-order valence-corrected chi connectivity index (χ4v) is 3.44. The molecule has 0 aromatic carbocycles. The van der Waals surface area contributed by atoms with Crippen molar-refractivity contribution in [1.29, 1.82) is 0 Å². The van der Waals surface area contributed by atoms with E-state index in [9.17, 15) is 4.79 Å². The Morgan fingerprint density at radius 3 is 2.94 bits per heavy atom. The van der Waals surface area contributed by atoms with Crippen molar-refractivity contribution in [2.75, 3.05) is 11.5 Å². The molecular weight excluding hydrogens is 232 g/mol. The number of thioether (sulfide) groups is 1. The van der Waals surface area contributed by atoms with E-state index in [1.807, 2.05) is 40.6 Å². The Labute approximate surface area is 104 Å². The number of carbonyl (C=O) groups is 1. The third kappa shape index (κ3) is 1.97. The second kappa shape index (κ2) is 4.53. The molecule has 2 aromatic heterocycles. The van der Waals surface area contributed by atoms with Gasteiger partial charge in [-0.3, -0.25) is 9.20 Å². The van der Waals surface area contributed by atoms with Crippen LogP contribution in [0.2, 0.25) is 0 Å². The van der Waals surface area contributed by atoms with Crippen LogP contribution in [-0.2, 0) is 0 Å². The summed E-state index contributed by atoms with van der Waals surface area (Å²) in [6.45, 7) is 0. The summed E-state index contributed by atoms with van der Waals surface area (Å²) in [7, 11) is 0. The molecule has 0 aliphatic carbocycles. The highest BCUT2D eigenvalue weighted by Gasteiger charge is 2.18. The van der Waals surface area contributed by atoms with Crippen LogP contribution in [0.15, 0.2) is 24.4 Å². The first-order valence-electron chi connectivity index (χ1n) is 5.89. The molecule has 4 heteroatoms. The molecule has 1 aliphatic rings. The summed E-state index contributed by atoms with van der Waals surface area (Å²) in [4.78, 5) is 15.6. The van der Waals surface area contributed by atoms with Crippen molar-refractivity contribution in [3.63, 3.8) is 0 Å². The highest BCUT2D eigenvalue weighted by atomic mass is 32.2. The van der Waals surface area contributed by atoms with E-state index in [1.165, 1.54) is 24.3 Å². The normalized spacial score (nSPS) is 17.4. The first-order chi connectivity index (χ1) is 8.38. The average Bonchev–Trinajstić information content (AvgIpc) is 2.83. The number of carbonyl (C=O) groups excluding carboxylic acids is 1. The largest absolute Gasteiger partial charge is 0.297 e. The first kappa shape index (κ1) is 10.8. The van der Waals surface area contributed by atoms with Gasteiger partial charge in [-0.2, -0.15) is 11.8 Å². The van der Waals surface area contributed by atoms with Gasteiger partial charge in [0.2, 0.25) is 0 Å². The van der Waals surface area contributed by atoms with E-state index >= 15 is 0 Å². The van der Waals surface area contributed by atoms with Crippen LogP contribution in [0.3, 0.4) is 0 Å². The monoisotopic (exact) mass is 246 g/mol. The molecule has 0 bridgehead atoms. The Morgan fingerprint density at radius 1 is 1.35 bits per heavy atom. The van der Waals surface area contributed by atoms with E-state index in [2.05, 4.69) is 4.98 Å². The maximum atomic E-state index is 11.0. The Kier molecular flexibility index (Phi) is 2.89. The lowest BCUT2D eigenvalue weighted by molar-refractivity contribution is 0.111. The third-order valence-corrected chi connectivity index (χ3v) is 4.35. The standard InChI is InChI=1S/C13H14N2OS/c16-9-11-2-1-3-13-14-12(8-15(11)13)10-4-6-17-7-5-10/h1-3,8-10H,4-7H2. The second-order valence-electron chi connectivity index (χ2n) is 4.35. The number of rotatable bonds is 2. The van der Waals surface area contributed by atoms with Gasteiger partial charge in [-0.25, -0.2) is 4.98 Å². The zero-order chi connectivity index (χ0) is 11.7. The topological polar surface area (TPSA) is 34.4 Å². The molecule has 0 unspecified atom stereocenters. The van der Waals surface area contributed by atoms with E-state index in [1.54, 1.807) is 0 Å². The van der Waals surface area contributed by atoms with Crippen LogP contribution in [0, 0.1) is 0 Å². The Hall–Kier alpha value is -1.29.